The van der Waals surface area contributed by atoms with Gasteiger partial charge in [-0.25, -0.2) is 0 Å². The lowest BCUT2D eigenvalue weighted by Gasteiger charge is -2.18. The van der Waals surface area contributed by atoms with Crippen LogP contribution in [-0.2, 0) is 4.79 Å². The van der Waals surface area contributed by atoms with Gasteiger partial charge in [0.15, 0.2) is 11.5 Å². The summed E-state index contributed by atoms with van der Waals surface area (Å²) in [4.78, 5) is 12.4. The van der Waals surface area contributed by atoms with Gasteiger partial charge in [-0.05, 0) is 36.6 Å². The fourth-order valence-electron chi connectivity index (χ4n) is 3.06. The zero-order valence-electron chi connectivity index (χ0n) is 14.4. The molecule has 2 aromatic rings. The van der Waals surface area contributed by atoms with Gasteiger partial charge in [0.2, 0.25) is 6.79 Å². The zero-order chi connectivity index (χ0) is 16.9. The highest BCUT2D eigenvalue weighted by Crippen LogP contribution is 2.37. The first kappa shape index (κ1) is 16.6. The summed E-state index contributed by atoms with van der Waals surface area (Å²) in [6, 6.07) is 14.5. The van der Waals surface area contributed by atoms with Gasteiger partial charge in [0.25, 0.3) is 0 Å². The van der Waals surface area contributed by atoms with Gasteiger partial charge in [-0.1, -0.05) is 49.2 Å². The van der Waals surface area contributed by atoms with Crippen LogP contribution < -0.4 is 9.47 Å². The molecule has 3 heteroatoms. The smallest absolute Gasteiger partial charge is 0.231 e. The number of ketones is 1. The number of carbonyl (C=O) groups excluding carboxylic acids is 1. The van der Waals surface area contributed by atoms with Crippen molar-refractivity contribution in [1.82, 2.24) is 0 Å². The van der Waals surface area contributed by atoms with E-state index in [1.165, 1.54) is 11.1 Å². The molecule has 24 heavy (non-hydrogen) atoms. The molecule has 0 unspecified atom stereocenters. The number of carbonyl (C=O) groups is 1. The minimum atomic E-state index is 0.0597. The summed E-state index contributed by atoms with van der Waals surface area (Å²) in [6.45, 7) is 4.46. The number of unbranched alkanes of at least 4 members (excludes halogenated alkanes) is 1. The first-order chi connectivity index (χ1) is 11.7. The van der Waals surface area contributed by atoms with Crippen LogP contribution in [0.3, 0.4) is 0 Å². The summed E-state index contributed by atoms with van der Waals surface area (Å²) in [5.41, 5.74) is 3.50. The summed E-state index contributed by atoms with van der Waals surface area (Å²) >= 11 is 0. The van der Waals surface area contributed by atoms with Crippen LogP contribution in [-0.4, -0.2) is 12.6 Å². The van der Waals surface area contributed by atoms with Gasteiger partial charge in [0, 0.05) is 18.8 Å². The molecule has 0 radical (unpaired) electrons. The van der Waals surface area contributed by atoms with Gasteiger partial charge in [0.05, 0.1) is 0 Å². The predicted octanol–water partition coefficient (Wildman–Crippen LogP) is 5.01. The maximum absolute atomic E-state index is 12.4. The van der Waals surface area contributed by atoms with Gasteiger partial charge < -0.3 is 9.47 Å². The quantitative estimate of drug-likeness (QED) is 0.718. The van der Waals surface area contributed by atoms with Crippen molar-refractivity contribution in [2.75, 3.05) is 6.79 Å². The maximum atomic E-state index is 12.4. The first-order valence-corrected chi connectivity index (χ1v) is 8.65. The van der Waals surface area contributed by atoms with E-state index in [1.807, 2.05) is 18.2 Å². The number of benzene rings is 2. The molecule has 0 fully saturated rings. The van der Waals surface area contributed by atoms with Crippen molar-refractivity contribution in [3.8, 4) is 11.5 Å². The van der Waals surface area contributed by atoms with Gasteiger partial charge in [-0.15, -0.1) is 0 Å². The van der Waals surface area contributed by atoms with Crippen LogP contribution in [0, 0.1) is 6.92 Å². The number of ether oxygens (including phenoxy) is 2. The fraction of sp³-hybridized carbons (Fsp3) is 0.381. The highest BCUT2D eigenvalue weighted by molar-refractivity contribution is 5.80. The number of Topliss-reactive ketones (excluding diaryl/α,β-unsaturated/α-hetero) is 1. The Morgan fingerprint density at radius 1 is 1.04 bits per heavy atom. The normalized spacial score (nSPS) is 13.8. The van der Waals surface area contributed by atoms with Gasteiger partial charge in [0.1, 0.15) is 5.78 Å². The first-order valence-electron chi connectivity index (χ1n) is 8.65. The topological polar surface area (TPSA) is 35.5 Å². The SMILES string of the molecule is CCCCC(=O)C[C@@H](c1ccc(C)cc1)c1ccc2c(c1)OCO2. The Balaban J connectivity index is 1.89. The van der Waals surface area contributed by atoms with Crippen LogP contribution in [0.5, 0.6) is 11.5 Å². The molecule has 0 bridgehead atoms. The molecule has 1 atom stereocenters. The number of hydrogen-bond acceptors (Lipinski definition) is 3. The second kappa shape index (κ2) is 7.52. The molecule has 0 aromatic heterocycles. The molecular weight excluding hydrogens is 300 g/mol. The van der Waals surface area contributed by atoms with Crippen molar-refractivity contribution in [3.63, 3.8) is 0 Å². The molecule has 0 saturated carbocycles. The fourth-order valence-corrected chi connectivity index (χ4v) is 3.06. The van der Waals surface area contributed by atoms with E-state index in [0.717, 1.165) is 29.9 Å². The van der Waals surface area contributed by atoms with Crippen LogP contribution in [0.1, 0.15) is 55.2 Å². The molecule has 0 spiro atoms. The third kappa shape index (κ3) is 3.78. The second-order valence-corrected chi connectivity index (χ2v) is 6.42. The van der Waals surface area contributed by atoms with E-state index in [4.69, 9.17) is 9.47 Å². The van der Waals surface area contributed by atoms with Gasteiger partial charge >= 0.3 is 0 Å². The monoisotopic (exact) mass is 324 g/mol. The van der Waals surface area contributed by atoms with Crippen molar-refractivity contribution >= 4 is 5.78 Å². The summed E-state index contributed by atoms with van der Waals surface area (Å²) in [5.74, 6) is 1.92. The molecule has 1 heterocycles. The number of hydrogen-bond donors (Lipinski definition) is 0. The van der Waals surface area contributed by atoms with Crippen molar-refractivity contribution < 1.29 is 14.3 Å². The second-order valence-electron chi connectivity index (χ2n) is 6.42. The van der Waals surface area contributed by atoms with Crippen LogP contribution in [0.15, 0.2) is 42.5 Å². The predicted molar refractivity (Wildman–Crippen MR) is 94.7 cm³/mol. The molecule has 3 rings (SSSR count). The highest BCUT2D eigenvalue weighted by Gasteiger charge is 2.21. The van der Waals surface area contributed by atoms with E-state index < -0.39 is 0 Å². The van der Waals surface area contributed by atoms with E-state index in [2.05, 4.69) is 38.1 Å². The van der Waals surface area contributed by atoms with Gasteiger partial charge in [-0.2, -0.15) is 0 Å². The zero-order valence-corrected chi connectivity index (χ0v) is 14.4. The molecule has 3 nitrogen and oxygen atoms in total. The Hall–Kier alpha value is -2.29. The van der Waals surface area contributed by atoms with Crippen LogP contribution in [0.2, 0.25) is 0 Å². The summed E-state index contributed by atoms with van der Waals surface area (Å²) in [6.07, 6.45) is 3.19. The van der Waals surface area contributed by atoms with Crippen LogP contribution in [0.4, 0.5) is 0 Å². The molecule has 0 N–H and O–H groups in total. The van der Waals surface area contributed by atoms with Crippen molar-refractivity contribution in [3.05, 3.63) is 59.2 Å². The average Bonchev–Trinajstić information content (AvgIpc) is 3.06. The molecular formula is C21H24O3. The van der Waals surface area contributed by atoms with E-state index in [0.29, 0.717) is 18.6 Å². The Bertz CT molecular complexity index is 704. The van der Waals surface area contributed by atoms with Crippen LogP contribution >= 0.6 is 0 Å². The molecule has 0 aliphatic carbocycles. The Morgan fingerprint density at radius 3 is 2.50 bits per heavy atom. The number of rotatable bonds is 7. The highest BCUT2D eigenvalue weighted by atomic mass is 16.7. The number of aryl methyl sites for hydroxylation is 1. The van der Waals surface area contributed by atoms with Crippen molar-refractivity contribution in [1.29, 1.82) is 0 Å². The number of fused-ring (bicyclic) bond motifs is 1. The lowest BCUT2D eigenvalue weighted by molar-refractivity contribution is -0.119. The molecule has 1 aliphatic rings. The lowest BCUT2D eigenvalue weighted by atomic mass is 9.86. The lowest BCUT2D eigenvalue weighted by Crippen LogP contribution is -2.09. The summed E-state index contributed by atoms with van der Waals surface area (Å²) in [7, 11) is 0. The van der Waals surface area contributed by atoms with Gasteiger partial charge in [-0.3, -0.25) is 4.79 Å². The molecule has 2 aromatic carbocycles. The Kier molecular flexibility index (Phi) is 5.19. The molecule has 0 saturated heterocycles. The Morgan fingerprint density at radius 2 is 1.75 bits per heavy atom. The maximum Gasteiger partial charge on any atom is 0.231 e. The third-order valence-electron chi connectivity index (χ3n) is 4.52. The minimum absolute atomic E-state index is 0.0597. The van der Waals surface area contributed by atoms with E-state index >= 15 is 0 Å². The van der Waals surface area contributed by atoms with Crippen LogP contribution in [0.25, 0.3) is 0 Å². The molecule has 1 aliphatic heterocycles. The summed E-state index contributed by atoms with van der Waals surface area (Å²) < 4.78 is 10.9. The largest absolute Gasteiger partial charge is 0.454 e. The van der Waals surface area contributed by atoms with Crippen molar-refractivity contribution in [2.24, 2.45) is 0 Å². The Labute approximate surface area is 143 Å². The standard InChI is InChI=1S/C21H24O3/c1-3-4-5-18(22)13-19(16-8-6-15(2)7-9-16)17-10-11-20-21(12-17)24-14-23-20/h6-12,19H,3-5,13-14H2,1-2H3/t19-/m0/s1. The van der Waals surface area contributed by atoms with E-state index in [-0.39, 0.29) is 12.7 Å². The molecule has 0 amide bonds. The van der Waals surface area contributed by atoms with E-state index in [9.17, 15) is 4.79 Å². The van der Waals surface area contributed by atoms with Crippen molar-refractivity contribution in [2.45, 2.75) is 45.4 Å². The average molecular weight is 324 g/mol. The van der Waals surface area contributed by atoms with E-state index in [1.54, 1.807) is 0 Å². The summed E-state index contributed by atoms with van der Waals surface area (Å²) in [5, 5.41) is 0. The minimum Gasteiger partial charge on any atom is -0.454 e. The molecule has 126 valence electrons. The third-order valence-corrected chi connectivity index (χ3v) is 4.52.